The van der Waals surface area contributed by atoms with Gasteiger partial charge in [0, 0.05) is 11.3 Å². The number of carbonyl (C=O) groups excluding carboxylic acids is 2. The molecule has 0 saturated carbocycles. The molecule has 0 heterocycles. The lowest BCUT2D eigenvalue weighted by atomic mass is 10.1. The van der Waals surface area contributed by atoms with Crippen molar-refractivity contribution in [3.05, 3.63) is 65.7 Å². The number of benzene rings is 2. The second-order valence-corrected chi connectivity index (χ2v) is 5.53. The average molecular weight is 310 g/mol. The van der Waals surface area contributed by atoms with Crippen molar-refractivity contribution in [2.75, 3.05) is 11.9 Å². The van der Waals surface area contributed by atoms with Crippen LogP contribution in [0.3, 0.4) is 0 Å². The predicted molar refractivity (Wildman–Crippen MR) is 92.7 cm³/mol. The molecule has 4 nitrogen and oxygen atoms in total. The Morgan fingerprint density at radius 1 is 1.00 bits per heavy atom. The minimum Gasteiger partial charge on any atom is -0.325 e. The number of Topliss-reactive ketones (excluding diaryl/α,β-unsaturated/α-hetero) is 1. The summed E-state index contributed by atoms with van der Waals surface area (Å²) in [6.07, 6.45) is 0.881. The second-order valence-electron chi connectivity index (χ2n) is 5.53. The Kier molecular flexibility index (Phi) is 6.06. The zero-order valence-corrected chi connectivity index (χ0v) is 13.5. The quantitative estimate of drug-likeness (QED) is 0.773. The highest BCUT2D eigenvalue weighted by molar-refractivity contribution is 5.96. The van der Waals surface area contributed by atoms with Crippen molar-refractivity contribution < 1.29 is 9.59 Å². The first-order chi connectivity index (χ1) is 11.1. The van der Waals surface area contributed by atoms with Crippen LogP contribution >= 0.6 is 0 Å². The molecule has 2 aromatic carbocycles. The van der Waals surface area contributed by atoms with Gasteiger partial charge in [-0.15, -0.1) is 0 Å². The third kappa shape index (κ3) is 5.34. The van der Waals surface area contributed by atoms with Gasteiger partial charge in [0.1, 0.15) is 0 Å². The van der Waals surface area contributed by atoms with Crippen LogP contribution in [0.15, 0.2) is 54.6 Å². The van der Waals surface area contributed by atoms with Crippen molar-refractivity contribution in [2.45, 2.75) is 26.3 Å². The predicted octanol–water partition coefficient (Wildman–Crippen LogP) is 3.05. The lowest BCUT2D eigenvalue weighted by Gasteiger charge is -2.14. The summed E-state index contributed by atoms with van der Waals surface area (Å²) >= 11 is 0. The number of ketones is 1. The van der Waals surface area contributed by atoms with Crippen molar-refractivity contribution >= 4 is 17.4 Å². The molecular weight excluding hydrogens is 288 g/mol. The molecule has 120 valence electrons. The van der Waals surface area contributed by atoms with E-state index in [1.165, 1.54) is 12.5 Å². The molecule has 1 amide bonds. The molecule has 0 aliphatic rings. The third-order valence-corrected chi connectivity index (χ3v) is 3.66. The van der Waals surface area contributed by atoms with Crippen LogP contribution in [0.1, 0.15) is 29.8 Å². The number of amides is 1. The fourth-order valence-electron chi connectivity index (χ4n) is 2.21. The number of carbonyl (C=O) groups is 2. The Bertz CT molecular complexity index is 651. The highest BCUT2D eigenvalue weighted by atomic mass is 16.2. The maximum atomic E-state index is 12.1. The highest BCUT2D eigenvalue weighted by Gasteiger charge is 2.12. The molecule has 0 aliphatic carbocycles. The van der Waals surface area contributed by atoms with E-state index in [2.05, 4.69) is 22.8 Å². The van der Waals surface area contributed by atoms with Crippen molar-refractivity contribution in [2.24, 2.45) is 0 Å². The molecule has 0 aliphatic heterocycles. The minimum absolute atomic E-state index is 0.0128. The Labute approximate surface area is 136 Å². The smallest absolute Gasteiger partial charge is 0.241 e. The van der Waals surface area contributed by atoms with E-state index in [-0.39, 0.29) is 17.7 Å². The van der Waals surface area contributed by atoms with E-state index in [9.17, 15) is 9.59 Å². The second kappa shape index (κ2) is 8.25. The first-order valence-electron chi connectivity index (χ1n) is 7.75. The Balaban J connectivity index is 1.79. The van der Waals surface area contributed by atoms with Gasteiger partial charge in [-0.2, -0.15) is 0 Å². The first kappa shape index (κ1) is 16.9. The molecule has 0 radical (unpaired) electrons. The van der Waals surface area contributed by atoms with Gasteiger partial charge in [0.05, 0.1) is 6.04 Å². The lowest BCUT2D eigenvalue weighted by molar-refractivity contribution is -0.117. The van der Waals surface area contributed by atoms with Gasteiger partial charge < -0.3 is 10.6 Å². The van der Waals surface area contributed by atoms with Crippen LogP contribution < -0.4 is 10.6 Å². The molecule has 0 fully saturated rings. The molecule has 2 rings (SSSR count). The molecule has 1 atom stereocenters. The van der Waals surface area contributed by atoms with Crippen LogP contribution in [-0.4, -0.2) is 24.3 Å². The molecule has 0 aromatic heterocycles. The third-order valence-electron chi connectivity index (χ3n) is 3.66. The summed E-state index contributed by atoms with van der Waals surface area (Å²) in [7, 11) is 0. The molecule has 0 unspecified atom stereocenters. The Hall–Kier alpha value is -2.46. The number of hydrogen-bond acceptors (Lipinski definition) is 3. The van der Waals surface area contributed by atoms with Crippen LogP contribution in [0.2, 0.25) is 0 Å². The number of rotatable bonds is 7. The average Bonchev–Trinajstić information content (AvgIpc) is 2.56. The van der Waals surface area contributed by atoms with E-state index in [0.717, 1.165) is 13.0 Å². The summed E-state index contributed by atoms with van der Waals surface area (Å²) in [6.45, 7) is 4.10. The van der Waals surface area contributed by atoms with E-state index in [0.29, 0.717) is 11.3 Å². The van der Waals surface area contributed by atoms with Crippen LogP contribution in [0.5, 0.6) is 0 Å². The normalized spacial score (nSPS) is 11.7. The summed E-state index contributed by atoms with van der Waals surface area (Å²) in [4.78, 5) is 23.4. The summed E-state index contributed by atoms with van der Waals surface area (Å²) in [5, 5.41) is 6.06. The van der Waals surface area contributed by atoms with E-state index in [1.54, 1.807) is 24.3 Å². The first-order valence-corrected chi connectivity index (χ1v) is 7.75. The van der Waals surface area contributed by atoms with Crippen LogP contribution in [-0.2, 0) is 11.2 Å². The molecule has 2 N–H and O–H groups in total. The molecule has 2 aromatic rings. The topological polar surface area (TPSA) is 58.2 Å². The zero-order chi connectivity index (χ0) is 16.7. The molecular formula is C19H22N2O2. The standard InChI is InChI=1S/C19H22N2O2/c1-14(20-13-12-16-6-4-3-5-7-16)19(23)21-18-10-8-17(9-11-18)15(2)22/h3-11,14,20H,12-13H2,1-2H3,(H,21,23)/t14-/m1/s1. The largest absolute Gasteiger partial charge is 0.325 e. The van der Waals surface area contributed by atoms with Crippen molar-refractivity contribution in [3.8, 4) is 0 Å². The molecule has 0 bridgehead atoms. The monoisotopic (exact) mass is 310 g/mol. The van der Waals surface area contributed by atoms with Crippen LogP contribution in [0.4, 0.5) is 5.69 Å². The lowest BCUT2D eigenvalue weighted by Crippen LogP contribution is -2.39. The maximum Gasteiger partial charge on any atom is 0.241 e. The Morgan fingerprint density at radius 2 is 1.65 bits per heavy atom. The zero-order valence-electron chi connectivity index (χ0n) is 13.5. The van der Waals surface area contributed by atoms with E-state index in [4.69, 9.17) is 0 Å². The van der Waals surface area contributed by atoms with E-state index in [1.807, 2.05) is 25.1 Å². The molecule has 4 heteroatoms. The van der Waals surface area contributed by atoms with Gasteiger partial charge in [-0.05, 0) is 56.6 Å². The fourth-order valence-corrected chi connectivity index (χ4v) is 2.21. The van der Waals surface area contributed by atoms with Crippen molar-refractivity contribution in [1.29, 1.82) is 0 Å². The van der Waals surface area contributed by atoms with Gasteiger partial charge >= 0.3 is 0 Å². The van der Waals surface area contributed by atoms with Crippen molar-refractivity contribution in [3.63, 3.8) is 0 Å². The summed E-state index contributed by atoms with van der Waals surface area (Å²) in [5.41, 5.74) is 2.57. The Morgan fingerprint density at radius 3 is 2.26 bits per heavy atom. The van der Waals surface area contributed by atoms with Crippen molar-refractivity contribution in [1.82, 2.24) is 5.32 Å². The minimum atomic E-state index is -0.286. The summed E-state index contributed by atoms with van der Waals surface area (Å²) in [5.74, 6) is -0.0764. The van der Waals surface area contributed by atoms with Crippen LogP contribution in [0.25, 0.3) is 0 Å². The maximum absolute atomic E-state index is 12.1. The fraction of sp³-hybridized carbons (Fsp3) is 0.263. The van der Waals surface area contributed by atoms with Crippen LogP contribution in [0, 0.1) is 0 Å². The molecule has 23 heavy (non-hydrogen) atoms. The van der Waals surface area contributed by atoms with Gasteiger partial charge in [0.25, 0.3) is 0 Å². The van der Waals surface area contributed by atoms with E-state index >= 15 is 0 Å². The molecule has 0 spiro atoms. The van der Waals surface area contributed by atoms with Gasteiger partial charge in [0.15, 0.2) is 5.78 Å². The van der Waals surface area contributed by atoms with Gasteiger partial charge in [-0.1, -0.05) is 30.3 Å². The summed E-state index contributed by atoms with van der Waals surface area (Å²) < 4.78 is 0. The van der Waals surface area contributed by atoms with Gasteiger partial charge in [-0.25, -0.2) is 0 Å². The van der Waals surface area contributed by atoms with Gasteiger partial charge in [0.2, 0.25) is 5.91 Å². The molecule has 0 saturated heterocycles. The summed E-state index contributed by atoms with van der Waals surface area (Å²) in [6, 6.07) is 16.8. The number of nitrogens with one attached hydrogen (secondary N) is 2. The number of hydrogen-bond donors (Lipinski definition) is 2. The SMILES string of the molecule is CC(=O)c1ccc(NC(=O)[C@@H](C)NCCc2ccccc2)cc1. The number of anilines is 1. The highest BCUT2D eigenvalue weighted by Crippen LogP contribution is 2.10. The van der Waals surface area contributed by atoms with Gasteiger partial charge in [-0.3, -0.25) is 9.59 Å². The van der Waals surface area contributed by atoms with E-state index < -0.39 is 0 Å².